The molecule has 1 atom stereocenters. The van der Waals surface area contributed by atoms with E-state index in [1.807, 2.05) is 40.8 Å². The predicted octanol–water partition coefficient (Wildman–Crippen LogP) is 5.11. The second kappa shape index (κ2) is 8.21. The molecular formula is C25H23N5OS. The summed E-state index contributed by atoms with van der Waals surface area (Å²) < 4.78 is 1.99. The van der Waals surface area contributed by atoms with E-state index in [1.54, 1.807) is 18.5 Å². The number of imidazole rings is 1. The van der Waals surface area contributed by atoms with E-state index in [-0.39, 0.29) is 5.91 Å². The highest BCUT2D eigenvalue weighted by molar-refractivity contribution is 7.17. The molecule has 0 unspecified atom stereocenters. The highest BCUT2D eigenvalue weighted by Crippen LogP contribution is 2.38. The molecule has 32 heavy (non-hydrogen) atoms. The minimum absolute atomic E-state index is 0.00149. The smallest absolute Gasteiger partial charge is 0.282 e. The molecule has 0 saturated carbocycles. The number of piperidine rings is 1. The number of carbonyl (C=O) groups excluding carboxylic acids is 1. The number of likely N-dealkylation sites (tertiary alicyclic amines) is 1. The molecule has 7 heteroatoms. The Morgan fingerprint density at radius 3 is 2.72 bits per heavy atom. The second-order valence-electron chi connectivity index (χ2n) is 8.44. The third kappa shape index (κ3) is 3.67. The molecule has 1 aliphatic heterocycles. The Balaban J connectivity index is 1.61. The zero-order valence-corrected chi connectivity index (χ0v) is 18.9. The van der Waals surface area contributed by atoms with Crippen LogP contribution in [0.5, 0.6) is 0 Å². The molecule has 3 heterocycles. The second-order valence-corrected chi connectivity index (χ2v) is 9.44. The standard InChI is InChI=1S/C25H23N5OS/c1-16-4-3-11-30(14-16)25(31)24-28-22(18-7-5-17(13-26)6-8-18)23(32-24)19-9-10-21-20(12-19)27-15-29(21)2/h5-10,12,15-16H,3-4,11,14H2,1-2H3/t16-/m0/s1. The number of benzene rings is 2. The zero-order valence-electron chi connectivity index (χ0n) is 18.1. The molecule has 1 aliphatic rings. The molecule has 0 N–H and O–H groups in total. The van der Waals surface area contributed by atoms with Crippen molar-refractivity contribution in [2.24, 2.45) is 13.0 Å². The lowest BCUT2D eigenvalue weighted by molar-refractivity contribution is 0.0682. The van der Waals surface area contributed by atoms with Gasteiger partial charge in [0, 0.05) is 25.7 Å². The van der Waals surface area contributed by atoms with E-state index in [9.17, 15) is 4.79 Å². The summed E-state index contributed by atoms with van der Waals surface area (Å²) in [6, 6.07) is 15.7. The van der Waals surface area contributed by atoms with Crippen LogP contribution in [0.4, 0.5) is 0 Å². The first-order valence-electron chi connectivity index (χ1n) is 10.8. The predicted molar refractivity (Wildman–Crippen MR) is 126 cm³/mol. The number of thiazole rings is 1. The van der Waals surface area contributed by atoms with Gasteiger partial charge in [0.2, 0.25) is 0 Å². The van der Waals surface area contributed by atoms with Gasteiger partial charge in [-0.3, -0.25) is 4.79 Å². The summed E-state index contributed by atoms with van der Waals surface area (Å²) in [5, 5.41) is 9.66. The van der Waals surface area contributed by atoms with Crippen LogP contribution < -0.4 is 0 Å². The molecule has 1 saturated heterocycles. The fraction of sp³-hybridized carbons (Fsp3) is 0.280. The van der Waals surface area contributed by atoms with Crippen molar-refractivity contribution < 1.29 is 4.79 Å². The van der Waals surface area contributed by atoms with Gasteiger partial charge in [-0.1, -0.05) is 25.1 Å². The number of aryl methyl sites for hydroxylation is 1. The Morgan fingerprint density at radius 2 is 1.97 bits per heavy atom. The Labute approximate surface area is 190 Å². The average molecular weight is 442 g/mol. The van der Waals surface area contributed by atoms with Gasteiger partial charge in [0.15, 0.2) is 5.01 Å². The van der Waals surface area contributed by atoms with Crippen LogP contribution in [0, 0.1) is 17.2 Å². The fourth-order valence-electron chi connectivity index (χ4n) is 4.29. The van der Waals surface area contributed by atoms with Crippen LogP contribution in [0.15, 0.2) is 48.8 Å². The van der Waals surface area contributed by atoms with Crippen LogP contribution in [0.3, 0.4) is 0 Å². The molecule has 1 amide bonds. The SMILES string of the molecule is C[C@H]1CCCN(C(=O)c2nc(-c3ccc(C#N)cc3)c(-c3ccc4c(c3)ncn4C)s2)C1. The maximum absolute atomic E-state index is 13.3. The molecule has 0 radical (unpaired) electrons. The highest BCUT2D eigenvalue weighted by Gasteiger charge is 2.26. The van der Waals surface area contributed by atoms with E-state index in [1.165, 1.54) is 11.3 Å². The number of nitriles is 1. The number of fused-ring (bicyclic) bond motifs is 1. The summed E-state index contributed by atoms with van der Waals surface area (Å²) in [6.45, 7) is 3.75. The van der Waals surface area contributed by atoms with Gasteiger partial charge in [-0.15, -0.1) is 11.3 Å². The minimum atomic E-state index is 0.00149. The monoisotopic (exact) mass is 441 g/mol. The number of hydrogen-bond donors (Lipinski definition) is 0. The van der Waals surface area contributed by atoms with Crippen molar-refractivity contribution in [3.8, 4) is 27.8 Å². The maximum atomic E-state index is 13.3. The lowest BCUT2D eigenvalue weighted by Crippen LogP contribution is -2.39. The van der Waals surface area contributed by atoms with E-state index >= 15 is 0 Å². The summed E-state index contributed by atoms with van der Waals surface area (Å²) in [6.07, 6.45) is 3.99. The van der Waals surface area contributed by atoms with Crippen LogP contribution in [-0.2, 0) is 7.05 Å². The lowest BCUT2D eigenvalue weighted by atomic mass is 10.0. The lowest BCUT2D eigenvalue weighted by Gasteiger charge is -2.30. The van der Waals surface area contributed by atoms with Crippen molar-refractivity contribution in [2.45, 2.75) is 19.8 Å². The van der Waals surface area contributed by atoms with Gasteiger partial charge in [-0.25, -0.2) is 9.97 Å². The van der Waals surface area contributed by atoms with Gasteiger partial charge >= 0.3 is 0 Å². The zero-order chi connectivity index (χ0) is 22.2. The number of rotatable bonds is 3. The van der Waals surface area contributed by atoms with E-state index in [4.69, 9.17) is 10.2 Å². The first kappa shape index (κ1) is 20.4. The van der Waals surface area contributed by atoms with Crippen LogP contribution in [0.2, 0.25) is 0 Å². The molecule has 6 nitrogen and oxygen atoms in total. The summed E-state index contributed by atoms with van der Waals surface area (Å²) in [7, 11) is 1.97. The first-order chi connectivity index (χ1) is 15.5. The number of carbonyl (C=O) groups is 1. The van der Waals surface area contributed by atoms with E-state index < -0.39 is 0 Å². The third-order valence-electron chi connectivity index (χ3n) is 6.03. The van der Waals surface area contributed by atoms with Gasteiger partial charge in [0.05, 0.1) is 39.6 Å². The summed E-state index contributed by atoms with van der Waals surface area (Å²) in [4.78, 5) is 25.5. The third-order valence-corrected chi connectivity index (χ3v) is 7.12. The minimum Gasteiger partial charge on any atom is -0.336 e. The Morgan fingerprint density at radius 1 is 1.19 bits per heavy atom. The molecule has 0 spiro atoms. The maximum Gasteiger partial charge on any atom is 0.282 e. The quantitative estimate of drug-likeness (QED) is 0.443. The van der Waals surface area contributed by atoms with Crippen molar-refractivity contribution in [1.29, 1.82) is 5.26 Å². The fourth-order valence-corrected chi connectivity index (χ4v) is 5.34. The topological polar surface area (TPSA) is 74.8 Å². The van der Waals surface area contributed by atoms with Gasteiger partial charge in [-0.2, -0.15) is 5.26 Å². The van der Waals surface area contributed by atoms with Gasteiger partial charge in [0.25, 0.3) is 5.91 Å². The van der Waals surface area contributed by atoms with Crippen LogP contribution >= 0.6 is 11.3 Å². The number of hydrogen-bond acceptors (Lipinski definition) is 5. The molecule has 0 bridgehead atoms. The van der Waals surface area contributed by atoms with Crippen LogP contribution in [-0.4, -0.2) is 38.4 Å². The van der Waals surface area contributed by atoms with Crippen molar-refractivity contribution in [1.82, 2.24) is 19.4 Å². The van der Waals surface area contributed by atoms with Gasteiger partial charge in [0.1, 0.15) is 0 Å². The molecule has 2 aromatic heterocycles. The average Bonchev–Trinajstić information content (AvgIpc) is 3.43. The van der Waals surface area contributed by atoms with E-state index in [0.717, 1.165) is 58.7 Å². The normalized spacial score (nSPS) is 16.3. The largest absolute Gasteiger partial charge is 0.336 e. The van der Waals surface area contributed by atoms with Crippen LogP contribution in [0.25, 0.3) is 32.7 Å². The number of amides is 1. The van der Waals surface area contributed by atoms with Crippen molar-refractivity contribution in [3.05, 3.63) is 59.4 Å². The van der Waals surface area contributed by atoms with E-state index in [2.05, 4.69) is 24.0 Å². The number of nitrogens with zero attached hydrogens (tertiary/aromatic N) is 5. The van der Waals surface area contributed by atoms with Crippen LogP contribution in [0.1, 0.15) is 35.1 Å². The van der Waals surface area contributed by atoms with Crippen molar-refractivity contribution in [3.63, 3.8) is 0 Å². The Kier molecular flexibility index (Phi) is 5.24. The molecule has 1 fully saturated rings. The molecule has 160 valence electrons. The van der Waals surface area contributed by atoms with E-state index in [0.29, 0.717) is 16.5 Å². The molecule has 2 aromatic carbocycles. The Hall–Kier alpha value is -3.50. The Bertz CT molecular complexity index is 1350. The van der Waals surface area contributed by atoms with Gasteiger partial charge < -0.3 is 9.47 Å². The molecule has 4 aromatic rings. The first-order valence-corrected chi connectivity index (χ1v) is 11.6. The summed E-state index contributed by atoms with van der Waals surface area (Å²) >= 11 is 1.43. The summed E-state index contributed by atoms with van der Waals surface area (Å²) in [5.74, 6) is 0.512. The van der Waals surface area contributed by atoms with Crippen molar-refractivity contribution in [2.75, 3.05) is 13.1 Å². The van der Waals surface area contributed by atoms with Crippen molar-refractivity contribution >= 4 is 28.3 Å². The molecular weight excluding hydrogens is 418 g/mol. The number of aromatic nitrogens is 3. The molecule has 5 rings (SSSR count). The summed E-state index contributed by atoms with van der Waals surface area (Å²) in [5.41, 5.74) is 5.20. The van der Waals surface area contributed by atoms with Gasteiger partial charge in [-0.05, 0) is 48.6 Å². The molecule has 0 aliphatic carbocycles. The highest BCUT2D eigenvalue weighted by atomic mass is 32.1.